The van der Waals surface area contributed by atoms with Crippen LogP contribution in [0.15, 0.2) is 24.5 Å². The Morgan fingerprint density at radius 1 is 1.50 bits per heavy atom. The average Bonchev–Trinajstić information content (AvgIpc) is 2.68. The van der Waals surface area contributed by atoms with Crippen LogP contribution in [-0.4, -0.2) is 16.1 Å². The highest BCUT2D eigenvalue weighted by atomic mass is 127. The Kier molecular flexibility index (Phi) is 3.25. The summed E-state index contributed by atoms with van der Waals surface area (Å²) in [5, 5.41) is 3.85. The smallest absolute Gasteiger partial charge is 0.153 e. The molecule has 16 heavy (non-hydrogen) atoms. The standard InChI is InChI=1S/C10H5ClFIN2O/c11-10-7(5-16)9(2-1-8(10)12)15-4-6(13)3-14-15/h1-5H. The van der Waals surface area contributed by atoms with Crippen molar-refractivity contribution < 1.29 is 9.18 Å². The second kappa shape index (κ2) is 4.50. The van der Waals surface area contributed by atoms with Crippen molar-refractivity contribution in [3.05, 3.63) is 44.5 Å². The number of rotatable bonds is 2. The van der Waals surface area contributed by atoms with Crippen LogP contribution in [0.2, 0.25) is 5.02 Å². The summed E-state index contributed by atoms with van der Waals surface area (Å²) in [7, 11) is 0. The van der Waals surface area contributed by atoms with E-state index in [1.54, 1.807) is 12.4 Å². The molecule has 0 radical (unpaired) electrons. The number of benzene rings is 1. The first-order valence-electron chi connectivity index (χ1n) is 4.27. The minimum absolute atomic E-state index is 0.0983. The number of nitrogens with zero attached hydrogens (tertiary/aromatic N) is 2. The molecule has 0 unspecified atom stereocenters. The Labute approximate surface area is 109 Å². The third kappa shape index (κ3) is 1.97. The molecule has 2 rings (SSSR count). The molecule has 0 aliphatic heterocycles. The van der Waals surface area contributed by atoms with E-state index in [1.807, 2.05) is 0 Å². The Balaban J connectivity index is 2.65. The second-order valence-corrected chi connectivity index (χ2v) is 4.64. The molecule has 82 valence electrons. The summed E-state index contributed by atoms with van der Waals surface area (Å²) in [6.07, 6.45) is 3.87. The highest BCUT2D eigenvalue weighted by Crippen LogP contribution is 2.24. The first-order chi connectivity index (χ1) is 7.63. The largest absolute Gasteiger partial charge is 0.298 e. The zero-order valence-corrected chi connectivity index (χ0v) is 10.7. The van der Waals surface area contributed by atoms with Crippen LogP contribution in [0.1, 0.15) is 10.4 Å². The van der Waals surface area contributed by atoms with E-state index in [9.17, 15) is 9.18 Å². The van der Waals surface area contributed by atoms with E-state index < -0.39 is 5.82 Å². The molecule has 6 heteroatoms. The Bertz CT molecular complexity index is 556. The van der Waals surface area contributed by atoms with Crippen molar-refractivity contribution in [3.8, 4) is 5.69 Å². The van der Waals surface area contributed by atoms with Gasteiger partial charge in [0.1, 0.15) is 5.82 Å². The molecule has 0 atom stereocenters. The molecule has 1 aromatic carbocycles. The second-order valence-electron chi connectivity index (χ2n) is 3.02. The van der Waals surface area contributed by atoms with Gasteiger partial charge in [-0.25, -0.2) is 9.07 Å². The molecule has 0 aliphatic carbocycles. The van der Waals surface area contributed by atoms with Gasteiger partial charge in [0.05, 0.1) is 26.0 Å². The van der Waals surface area contributed by atoms with Gasteiger partial charge in [-0.1, -0.05) is 11.6 Å². The third-order valence-corrected chi connectivity index (χ3v) is 2.97. The van der Waals surface area contributed by atoms with Gasteiger partial charge in [0.25, 0.3) is 0 Å². The van der Waals surface area contributed by atoms with Crippen molar-refractivity contribution in [2.75, 3.05) is 0 Å². The van der Waals surface area contributed by atoms with E-state index in [0.29, 0.717) is 12.0 Å². The highest BCUT2D eigenvalue weighted by Gasteiger charge is 2.13. The van der Waals surface area contributed by atoms with E-state index in [4.69, 9.17) is 11.6 Å². The number of hydrogen-bond acceptors (Lipinski definition) is 2. The Morgan fingerprint density at radius 3 is 2.81 bits per heavy atom. The number of halogens is 3. The first-order valence-corrected chi connectivity index (χ1v) is 5.73. The van der Waals surface area contributed by atoms with Crippen LogP contribution in [0.3, 0.4) is 0 Å². The Morgan fingerprint density at radius 2 is 2.25 bits per heavy atom. The number of aldehydes is 1. The van der Waals surface area contributed by atoms with Crippen molar-refractivity contribution in [1.82, 2.24) is 9.78 Å². The fourth-order valence-electron chi connectivity index (χ4n) is 1.30. The van der Waals surface area contributed by atoms with Gasteiger partial charge in [-0.05, 0) is 34.7 Å². The topological polar surface area (TPSA) is 34.9 Å². The fourth-order valence-corrected chi connectivity index (χ4v) is 1.89. The summed E-state index contributed by atoms with van der Waals surface area (Å²) in [5.41, 5.74) is 0.561. The quantitative estimate of drug-likeness (QED) is 0.616. The minimum atomic E-state index is -0.616. The van der Waals surface area contributed by atoms with Gasteiger partial charge in [0.15, 0.2) is 6.29 Å². The lowest BCUT2D eigenvalue weighted by molar-refractivity contribution is 0.112. The van der Waals surface area contributed by atoms with E-state index in [0.717, 1.165) is 3.57 Å². The summed E-state index contributed by atoms with van der Waals surface area (Å²) in [4.78, 5) is 10.9. The maximum absolute atomic E-state index is 13.1. The van der Waals surface area contributed by atoms with Gasteiger partial charge in [-0.2, -0.15) is 5.10 Å². The maximum atomic E-state index is 13.1. The molecule has 0 spiro atoms. The molecular formula is C10H5ClFIN2O. The molecule has 2 aromatic rings. The van der Waals surface area contributed by atoms with E-state index in [-0.39, 0.29) is 10.6 Å². The molecular weight excluding hydrogens is 345 g/mol. The maximum Gasteiger partial charge on any atom is 0.153 e. The monoisotopic (exact) mass is 350 g/mol. The molecule has 1 aromatic heterocycles. The molecule has 1 heterocycles. The fraction of sp³-hybridized carbons (Fsp3) is 0. The third-order valence-electron chi connectivity index (χ3n) is 2.03. The summed E-state index contributed by atoms with van der Waals surface area (Å²) >= 11 is 7.79. The highest BCUT2D eigenvalue weighted by molar-refractivity contribution is 14.1. The zero-order valence-electron chi connectivity index (χ0n) is 7.82. The van der Waals surface area contributed by atoms with Crippen LogP contribution in [0.5, 0.6) is 0 Å². The number of carbonyl (C=O) groups is 1. The number of hydrogen-bond donors (Lipinski definition) is 0. The van der Waals surface area contributed by atoms with Gasteiger partial charge in [-0.15, -0.1) is 0 Å². The van der Waals surface area contributed by atoms with E-state index >= 15 is 0 Å². The van der Waals surface area contributed by atoms with Crippen LogP contribution >= 0.6 is 34.2 Å². The predicted molar refractivity (Wildman–Crippen MR) is 66.6 cm³/mol. The van der Waals surface area contributed by atoms with Crippen LogP contribution < -0.4 is 0 Å². The molecule has 0 saturated heterocycles. The molecule has 0 bridgehead atoms. The SMILES string of the molecule is O=Cc1c(-n2cc(I)cn2)ccc(F)c1Cl. The van der Waals surface area contributed by atoms with Crippen molar-refractivity contribution in [3.63, 3.8) is 0 Å². The lowest BCUT2D eigenvalue weighted by atomic mass is 10.2. The summed E-state index contributed by atoms with van der Waals surface area (Å²) < 4.78 is 15.5. The van der Waals surface area contributed by atoms with Gasteiger partial charge >= 0.3 is 0 Å². The van der Waals surface area contributed by atoms with E-state index in [2.05, 4.69) is 27.7 Å². The van der Waals surface area contributed by atoms with Gasteiger partial charge in [-0.3, -0.25) is 4.79 Å². The molecule has 3 nitrogen and oxygen atoms in total. The predicted octanol–water partition coefficient (Wildman–Crippen LogP) is 3.08. The summed E-state index contributed by atoms with van der Waals surface area (Å²) in [6, 6.07) is 2.67. The molecule has 0 N–H and O–H groups in total. The van der Waals surface area contributed by atoms with Gasteiger partial charge in [0.2, 0.25) is 0 Å². The average molecular weight is 351 g/mol. The molecule has 0 amide bonds. The van der Waals surface area contributed by atoms with Crippen LogP contribution in [-0.2, 0) is 0 Å². The van der Waals surface area contributed by atoms with Crippen LogP contribution in [0, 0.1) is 9.39 Å². The van der Waals surface area contributed by atoms with Gasteiger partial charge in [0, 0.05) is 6.20 Å². The van der Waals surface area contributed by atoms with Crippen molar-refractivity contribution >= 4 is 40.5 Å². The van der Waals surface area contributed by atoms with Crippen molar-refractivity contribution in [1.29, 1.82) is 0 Å². The lowest BCUT2D eigenvalue weighted by Crippen LogP contribution is -2.01. The van der Waals surface area contributed by atoms with Crippen LogP contribution in [0.4, 0.5) is 4.39 Å². The van der Waals surface area contributed by atoms with Gasteiger partial charge < -0.3 is 0 Å². The summed E-state index contributed by atoms with van der Waals surface area (Å²) in [6.45, 7) is 0. The number of aromatic nitrogens is 2. The van der Waals surface area contributed by atoms with Crippen molar-refractivity contribution in [2.24, 2.45) is 0 Å². The first kappa shape index (κ1) is 11.5. The van der Waals surface area contributed by atoms with E-state index in [1.165, 1.54) is 16.8 Å². The molecule has 0 saturated carbocycles. The molecule has 0 fully saturated rings. The number of carbonyl (C=O) groups excluding carboxylic acids is 1. The minimum Gasteiger partial charge on any atom is -0.298 e. The molecule has 0 aliphatic rings. The summed E-state index contributed by atoms with van der Waals surface area (Å²) in [5.74, 6) is -0.616. The Hall–Kier alpha value is -0.950. The lowest BCUT2D eigenvalue weighted by Gasteiger charge is -2.06. The van der Waals surface area contributed by atoms with Crippen molar-refractivity contribution in [2.45, 2.75) is 0 Å². The van der Waals surface area contributed by atoms with Crippen LogP contribution in [0.25, 0.3) is 5.69 Å². The normalized spacial score (nSPS) is 10.4. The zero-order chi connectivity index (χ0) is 11.7.